The van der Waals surface area contributed by atoms with E-state index in [1.165, 1.54) is 0 Å². The second kappa shape index (κ2) is 11.5. The summed E-state index contributed by atoms with van der Waals surface area (Å²) < 4.78 is 35.0. The van der Waals surface area contributed by atoms with Gasteiger partial charge in [0.1, 0.15) is 0 Å². The van der Waals surface area contributed by atoms with E-state index in [1.807, 2.05) is 13.8 Å². The third-order valence-corrected chi connectivity index (χ3v) is 5.99. The molecule has 0 aliphatic carbocycles. The third kappa shape index (κ3) is 7.74. The van der Waals surface area contributed by atoms with Gasteiger partial charge in [-0.25, -0.2) is 23.1 Å². The molecule has 1 heterocycles. The Kier molecular flexibility index (Phi) is 9.53. The Morgan fingerprint density at radius 3 is 2.22 bits per heavy atom. The molecule has 8 nitrogen and oxygen atoms in total. The van der Waals surface area contributed by atoms with Gasteiger partial charge in [0, 0.05) is 23.7 Å². The maximum Gasteiger partial charge on any atom is 0.316 e. The first-order valence-corrected chi connectivity index (χ1v) is 12.7. The van der Waals surface area contributed by atoms with Gasteiger partial charge in [-0.2, -0.15) is 0 Å². The van der Waals surface area contributed by atoms with Gasteiger partial charge >= 0.3 is 6.01 Å². The van der Waals surface area contributed by atoms with E-state index in [0.29, 0.717) is 34.7 Å². The van der Waals surface area contributed by atoms with Crippen LogP contribution in [0.4, 0.5) is 0 Å². The topological polar surface area (TPSA) is 107 Å². The fourth-order valence-electron chi connectivity index (χ4n) is 2.58. The molecular weight excluding hydrogens is 501 g/mol. The molecule has 1 aromatic carbocycles. The maximum atomic E-state index is 11.7. The van der Waals surface area contributed by atoms with Crippen LogP contribution < -0.4 is 14.2 Å². The molecule has 0 saturated heterocycles. The Balaban J connectivity index is 2.08. The van der Waals surface area contributed by atoms with Crippen LogP contribution in [-0.4, -0.2) is 56.1 Å². The van der Waals surface area contributed by atoms with Gasteiger partial charge in [-0.05, 0) is 29.7 Å². The molecule has 0 amide bonds. The molecule has 0 radical (unpaired) electrons. The van der Waals surface area contributed by atoms with Gasteiger partial charge in [-0.15, -0.1) is 11.6 Å². The fraction of sp³-hybridized carbons (Fsp3) is 0.450. The van der Waals surface area contributed by atoms with E-state index in [4.69, 9.17) is 44.3 Å². The van der Waals surface area contributed by atoms with E-state index in [-0.39, 0.29) is 19.2 Å². The normalized spacial score (nSPS) is 11.9. The van der Waals surface area contributed by atoms with Crippen molar-refractivity contribution in [3.63, 3.8) is 0 Å². The molecule has 1 aromatic heterocycles. The van der Waals surface area contributed by atoms with Crippen molar-refractivity contribution in [3.05, 3.63) is 45.7 Å². The summed E-state index contributed by atoms with van der Waals surface area (Å²) in [4.78, 5) is 20.0. The zero-order valence-corrected chi connectivity index (χ0v) is 20.9. The van der Waals surface area contributed by atoms with Gasteiger partial charge in [0.05, 0.1) is 29.5 Å². The van der Waals surface area contributed by atoms with Crippen LogP contribution >= 0.6 is 34.8 Å². The highest BCUT2D eigenvalue weighted by molar-refractivity contribution is 7.88. The average Bonchev–Trinajstić information content (AvgIpc) is 2.72. The van der Waals surface area contributed by atoms with Crippen LogP contribution in [0.3, 0.4) is 0 Å². The summed E-state index contributed by atoms with van der Waals surface area (Å²) >= 11 is 18.4. The first-order chi connectivity index (χ1) is 14.9. The quantitative estimate of drug-likeness (QED) is 0.334. The number of rotatable bonds is 12. The molecule has 1 N–H and O–H groups in total. The Hall–Kier alpha value is -1.65. The van der Waals surface area contributed by atoms with E-state index in [2.05, 4.69) is 14.7 Å². The lowest BCUT2D eigenvalue weighted by Crippen LogP contribution is -2.31. The van der Waals surface area contributed by atoms with E-state index in [0.717, 1.165) is 17.4 Å². The Morgan fingerprint density at radius 1 is 1.09 bits per heavy atom. The molecule has 0 bridgehead atoms. The van der Waals surface area contributed by atoms with Gasteiger partial charge in [0.25, 0.3) is 0 Å². The highest BCUT2D eigenvalue weighted by Gasteiger charge is 2.26. The van der Waals surface area contributed by atoms with Crippen molar-refractivity contribution in [3.8, 4) is 11.8 Å². The highest BCUT2D eigenvalue weighted by Crippen LogP contribution is 2.40. The number of ether oxygens (including phenoxy) is 2. The van der Waals surface area contributed by atoms with Crippen LogP contribution in [0.25, 0.3) is 0 Å². The van der Waals surface area contributed by atoms with Crippen LogP contribution in [0.5, 0.6) is 11.8 Å². The first-order valence-electron chi connectivity index (χ1n) is 9.54. The third-order valence-electron chi connectivity index (χ3n) is 4.49. The minimum absolute atomic E-state index is 0.00337. The number of nitrogens with one attached hydrogen (secondary N) is 1. The zero-order valence-electron chi connectivity index (χ0n) is 17.8. The molecule has 0 unspecified atom stereocenters. The SMILES string of the molecule is CC(C)(c1cnc(OCC(=O)CNS(C)(=O)=O)nc1)c1cc(Cl)c(OCCCCl)c(Cl)c1. The number of Topliss-reactive ketones (excluding diaryl/α,β-unsaturated/α-hetero) is 1. The van der Waals surface area contributed by atoms with Crippen LogP contribution in [0.1, 0.15) is 31.4 Å². The van der Waals surface area contributed by atoms with Gasteiger partial charge in [0.2, 0.25) is 10.0 Å². The summed E-state index contributed by atoms with van der Waals surface area (Å²) in [6.45, 7) is 3.61. The number of benzene rings is 1. The molecule has 176 valence electrons. The summed E-state index contributed by atoms with van der Waals surface area (Å²) in [5.41, 5.74) is 1.05. The number of sulfonamides is 1. The highest BCUT2D eigenvalue weighted by atomic mass is 35.5. The lowest BCUT2D eigenvalue weighted by atomic mass is 9.79. The first kappa shape index (κ1) is 26.6. The van der Waals surface area contributed by atoms with E-state index in [1.54, 1.807) is 24.5 Å². The molecule has 0 spiro atoms. The summed E-state index contributed by atoms with van der Waals surface area (Å²) in [5.74, 6) is 0.431. The molecule has 0 saturated carbocycles. The fourth-order valence-corrected chi connectivity index (χ4v) is 3.70. The van der Waals surface area contributed by atoms with E-state index in [9.17, 15) is 13.2 Å². The largest absolute Gasteiger partial charge is 0.490 e. The van der Waals surface area contributed by atoms with Crippen molar-refractivity contribution in [2.45, 2.75) is 25.7 Å². The number of carbonyl (C=O) groups is 1. The average molecular weight is 525 g/mol. The predicted octanol–water partition coefficient (Wildman–Crippen LogP) is 3.61. The Bertz CT molecular complexity index is 1020. The molecule has 2 aromatic rings. The zero-order chi connectivity index (χ0) is 23.9. The van der Waals surface area contributed by atoms with Crippen molar-refractivity contribution in [2.24, 2.45) is 0 Å². The summed E-state index contributed by atoms with van der Waals surface area (Å²) in [6, 6.07) is 3.55. The van der Waals surface area contributed by atoms with E-state index >= 15 is 0 Å². The van der Waals surface area contributed by atoms with Crippen molar-refractivity contribution in [1.82, 2.24) is 14.7 Å². The summed E-state index contributed by atoms with van der Waals surface area (Å²) in [6.07, 6.45) is 4.79. The molecule has 0 aliphatic heterocycles. The monoisotopic (exact) mass is 523 g/mol. The number of halogens is 3. The molecule has 2 rings (SSSR count). The predicted molar refractivity (Wildman–Crippen MR) is 125 cm³/mol. The van der Waals surface area contributed by atoms with Gasteiger partial charge < -0.3 is 9.47 Å². The van der Waals surface area contributed by atoms with Crippen molar-refractivity contribution in [2.75, 3.05) is 31.9 Å². The van der Waals surface area contributed by atoms with Crippen molar-refractivity contribution >= 4 is 50.6 Å². The van der Waals surface area contributed by atoms with Crippen molar-refractivity contribution < 1.29 is 22.7 Å². The number of nitrogens with zero attached hydrogens (tertiary/aromatic N) is 2. The molecule has 0 fully saturated rings. The molecule has 32 heavy (non-hydrogen) atoms. The van der Waals surface area contributed by atoms with Gasteiger partial charge in [-0.3, -0.25) is 4.79 Å². The Morgan fingerprint density at radius 2 is 1.69 bits per heavy atom. The molecule has 12 heteroatoms. The number of carbonyl (C=O) groups excluding carboxylic acids is 1. The number of hydrogen-bond donors (Lipinski definition) is 1. The number of aromatic nitrogens is 2. The molecule has 0 aliphatic rings. The van der Waals surface area contributed by atoms with Crippen LogP contribution in [0.2, 0.25) is 10.0 Å². The summed E-state index contributed by atoms with van der Waals surface area (Å²) in [5, 5.41) is 0.773. The van der Waals surface area contributed by atoms with Gasteiger partial charge in [0.15, 0.2) is 18.1 Å². The molecule has 0 atom stereocenters. The van der Waals surface area contributed by atoms with Crippen LogP contribution in [0, 0.1) is 0 Å². The minimum Gasteiger partial charge on any atom is -0.490 e. The minimum atomic E-state index is -3.46. The standard InChI is InChI=1S/C20H24Cl3N3O5S/c1-20(2,13-7-16(22)18(17(23)8-13)30-6-4-5-21)14-9-24-19(25-10-14)31-12-15(27)11-26-32(3,28)29/h7-10,26H,4-6,11-12H2,1-3H3. The van der Waals surface area contributed by atoms with Gasteiger partial charge in [-0.1, -0.05) is 37.0 Å². The second-order valence-electron chi connectivity index (χ2n) is 7.46. The number of hydrogen-bond acceptors (Lipinski definition) is 7. The Labute approximate surface area is 202 Å². The number of ketones is 1. The number of alkyl halides is 1. The maximum absolute atomic E-state index is 11.7. The second-order valence-corrected chi connectivity index (χ2v) is 10.5. The van der Waals surface area contributed by atoms with Crippen LogP contribution in [-0.2, 0) is 20.2 Å². The lowest BCUT2D eigenvalue weighted by Gasteiger charge is -2.26. The van der Waals surface area contributed by atoms with Crippen LogP contribution in [0.15, 0.2) is 24.5 Å². The summed E-state index contributed by atoms with van der Waals surface area (Å²) in [7, 11) is -3.46. The van der Waals surface area contributed by atoms with Crippen molar-refractivity contribution in [1.29, 1.82) is 0 Å². The lowest BCUT2D eigenvalue weighted by molar-refractivity contribution is -0.120. The molecular formula is C20H24Cl3N3O5S. The smallest absolute Gasteiger partial charge is 0.316 e. The van der Waals surface area contributed by atoms with E-state index < -0.39 is 21.2 Å².